The minimum atomic E-state index is -0.362. The van der Waals surface area contributed by atoms with E-state index in [1.807, 2.05) is 19.1 Å². The normalized spacial score (nSPS) is 38.4. The van der Waals surface area contributed by atoms with Gasteiger partial charge in [0.1, 0.15) is 0 Å². The van der Waals surface area contributed by atoms with Gasteiger partial charge < -0.3 is 0 Å². The molecule has 0 aromatic carbocycles. The second kappa shape index (κ2) is 2.96. The van der Waals surface area contributed by atoms with Gasteiger partial charge in [0.05, 0.1) is 4.32 Å². The first kappa shape index (κ1) is 9.47. The Morgan fingerprint density at radius 3 is 3.00 bits per heavy atom. The second-order valence-corrected chi connectivity index (χ2v) is 6.10. The Hall–Kier alpha value is -0.0800. The summed E-state index contributed by atoms with van der Waals surface area (Å²) in [5, 5.41) is 0.853. The average Bonchev–Trinajstić information content (AvgIpc) is 2.22. The molecule has 70 valence electrons. The molecule has 2 aliphatic carbocycles. The van der Waals surface area contributed by atoms with Crippen molar-refractivity contribution in [2.75, 3.05) is 0 Å². The Bertz CT molecular complexity index is 328. The van der Waals surface area contributed by atoms with Crippen molar-refractivity contribution in [1.82, 2.24) is 0 Å². The van der Waals surface area contributed by atoms with Crippen LogP contribution in [0.15, 0.2) is 22.8 Å². The molecular weight excluding hydrogens is 251 g/mol. The number of ketones is 1. The molecule has 1 saturated carbocycles. The van der Waals surface area contributed by atoms with E-state index in [-0.39, 0.29) is 10.1 Å². The maximum Gasteiger partial charge on any atom is 0.175 e. The van der Waals surface area contributed by atoms with Crippen molar-refractivity contribution in [2.45, 2.75) is 24.1 Å². The van der Waals surface area contributed by atoms with E-state index in [1.54, 1.807) is 0 Å². The topological polar surface area (TPSA) is 17.1 Å². The van der Waals surface area contributed by atoms with E-state index in [0.29, 0.717) is 5.92 Å². The molecule has 0 N–H and O–H groups in total. The molecule has 0 aliphatic heterocycles. The molecule has 0 amide bonds. The van der Waals surface area contributed by atoms with E-state index in [9.17, 15) is 4.79 Å². The van der Waals surface area contributed by atoms with E-state index in [1.165, 1.54) is 0 Å². The highest BCUT2D eigenvalue weighted by Gasteiger charge is 2.45. The summed E-state index contributed by atoms with van der Waals surface area (Å²) in [5.74, 6) is 0.548. The number of Topliss-reactive ketones (excluding diaryl/α,β-unsaturated/α-hetero) is 1. The van der Waals surface area contributed by atoms with Gasteiger partial charge in [-0.25, -0.2) is 0 Å². The van der Waals surface area contributed by atoms with Crippen molar-refractivity contribution in [2.24, 2.45) is 5.92 Å². The van der Waals surface area contributed by atoms with Gasteiger partial charge >= 0.3 is 0 Å². The molecule has 1 fully saturated rings. The van der Waals surface area contributed by atoms with Gasteiger partial charge in [0.2, 0.25) is 0 Å². The molecule has 3 heteroatoms. The Morgan fingerprint density at radius 2 is 2.31 bits per heavy atom. The Balaban J connectivity index is 2.36. The highest BCUT2D eigenvalue weighted by atomic mass is 79.9. The number of halogens is 2. The van der Waals surface area contributed by atoms with Gasteiger partial charge in [-0.15, -0.1) is 0 Å². The maximum atomic E-state index is 11.8. The largest absolute Gasteiger partial charge is 0.293 e. The van der Waals surface area contributed by atoms with Crippen LogP contribution in [0, 0.1) is 5.92 Å². The Labute approximate surface area is 91.0 Å². The molecule has 0 radical (unpaired) electrons. The summed E-state index contributed by atoms with van der Waals surface area (Å²) in [6.07, 6.45) is 5.38. The molecule has 2 aliphatic rings. The molecule has 2 unspecified atom stereocenters. The van der Waals surface area contributed by atoms with Crippen LogP contribution in [0.25, 0.3) is 0 Å². The van der Waals surface area contributed by atoms with Crippen molar-refractivity contribution in [3.8, 4) is 0 Å². The van der Waals surface area contributed by atoms with Gasteiger partial charge in [-0.3, -0.25) is 4.79 Å². The molecule has 0 bridgehead atoms. The maximum absolute atomic E-state index is 11.8. The lowest BCUT2D eigenvalue weighted by Crippen LogP contribution is -2.21. The van der Waals surface area contributed by atoms with Crippen LogP contribution >= 0.6 is 27.5 Å². The second-order valence-electron chi connectivity index (χ2n) is 3.87. The predicted octanol–water partition coefficient (Wildman–Crippen LogP) is 3.18. The Morgan fingerprint density at radius 1 is 1.62 bits per heavy atom. The standard InChI is InChI=1S/C10H10BrClO/c1-10(11)5-6-4-7(12)2-3-8(6)9(10)13/h2-3,6H,4-5H2,1H3. The summed E-state index contributed by atoms with van der Waals surface area (Å²) in [4.78, 5) is 11.8. The number of hydrogen-bond donors (Lipinski definition) is 0. The third-order valence-electron chi connectivity index (χ3n) is 2.69. The number of fused-ring (bicyclic) bond motifs is 1. The number of alkyl halides is 1. The van der Waals surface area contributed by atoms with E-state index in [2.05, 4.69) is 15.9 Å². The van der Waals surface area contributed by atoms with Gasteiger partial charge in [-0.1, -0.05) is 33.6 Å². The molecule has 2 atom stereocenters. The summed E-state index contributed by atoms with van der Waals surface area (Å²) < 4.78 is -0.362. The van der Waals surface area contributed by atoms with Crippen LogP contribution in [0.5, 0.6) is 0 Å². The molecule has 0 aromatic heterocycles. The predicted molar refractivity (Wildman–Crippen MR) is 57.1 cm³/mol. The lowest BCUT2D eigenvalue weighted by Gasteiger charge is -2.13. The van der Waals surface area contributed by atoms with Gasteiger partial charge in [0, 0.05) is 10.6 Å². The van der Waals surface area contributed by atoms with Crippen molar-refractivity contribution >= 4 is 33.3 Å². The minimum absolute atomic E-state index is 0.220. The first-order valence-electron chi connectivity index (χ1n) is 4.31. The van der Waals surface area contributed by atoms with Crippen molar-refractivity contribution in [3.63, 3.8) is 0 Å². The lowest BCUT2D eigenvalue weighted by molar-refractivity contribution is -0.116. The zero-order valence-electron chi connectivity index (χ0n) is 7.31. The number of hydrogen-bond acceptors (Lipinski definition) is 1. The van der Waals surface area contributed by atoms with Gasteiger partial charge in [-0.2, -0.15) is 0 Å². The summed E-state index contributed by atoms with van der Waals surface area (Å²) >= 11 is 9.38. The van der Waals surface area contributed by atoms with E-state index < -0.39 is 0 Å². The third kappa shape index (κ3) is 1.50. The number of carbonyl (C=O) groups excluding carboxylic acids is 1. The first-order chi connectivity index (χ1) is 6.00. The number of allylic oxidation sites excluding steroid dienone is 4. The smallest absolute Gasteiger partial charge is 0.175 e. The molecule has 0 aromatic rings. The van der Waals surface area contributed by atoms with Crippen LogP contribution in [0.1, 0.15) is 19.8 Å². The highest BCUT2D eigenvalue weighted by molar-refractivity contribution is 9.10. The van der Waals surface area contributed by atoms with E-state index in [4.69, 9.17) is 11.6 Å². The van der Waals surface area contributed by atoms with E-state index in [0.717, 1.165) is 23.4 Å². The first-order valence-corrected chi connectivity index (χ1v) is 5.48. The fourth-order valence-electron chi connectivity index (χ4n) is 2.03. The van der Waals surface area contributed by atoms with Crippen LogP contribution in [0.2, 0.25) is 0 Å². The number of rotatable bonds is 0. The van der Waals surface area contributed by atoms with Gasteiger partial charge in [0.25, 0.3) is 0 Å². The van der Waals surface area contributed by atoms with Crippen LogP contribution in [0.3, 0.4) is 0 Å². The van der Waals surface area contributed by atoms with Crippen LogP contribution < -0.4 is 0 Å². The van der Waals surface area contributed by atoms with Crippen molar-refractivity contribution in [3.05, 3.63) is 22.8 Å². The fourth-order valence-corrected chi connectivity index (χ4v) is 2.90. The molecule has 0 saturated heterocycles. The SMILES string of the molecule is CC1(Br)CC2CC(Cl)=CC=C2C1=O. The van der Waals surface area contributed by atoms with Crippen molar-refractivity contribution < 1.29 is 4.79 Å². The fraction of sp³-hybridized carbons (Fsp3) is 0.500. The minimum Gasteiger partial charge on any atom is -0.293 e. The summed E-state index contributed by atoms with van der Waals surface area (Å²) in [6, 6.07) is 0. The molecule has 1 nitrogen and oxygen atoms in total. The zero-order chi connectivity index (χ0) is 9.64. The third-order valence-corrected chi connectivity index (χ3v) is 3.65. The van der Waals surface area contributed by atoms with Crippen LogP contribution in [-0.4, -0.2) is 10.1 Å². The Kier molecular flexibility index (Phi) is 2.16. The van der Waals surface area contributed by atoms with Crippen LogP contribution in [0.4, 0.5) is 0 Å². The summed E-state index contributed by atoms with van der Waals surface area (Å²) in [5.41, 5.74) is 0.934. The molecule has 0 spiro atoms. The highest BCUT2D eigenvalue weighted by Crippen LogP contribution is 2.46. The average molecular weight is 262 g/mol. The molecule has 0 heterocycles. The number of carbonyl (C=O) groups is 1. The van der Waals surface area contributed by atoms with Crippen molar-refractivity contribution in [1.29, 1.82) is 0 Å². The summed E-state index contributed by atoms with van der Waals surface area (Å²) in [7, 11) is 0. The van der Waals surface area contributed by atoms with E-state index >= 15 is 0 Å². The summed E-state index contributed by atoms with van der Waals surface area (Å²) in [6.45, 7) is 1.93. The van der Waals surface area contributed by atoms with Gasteiger partial charge in [0.15, 0.2) is 5.78 Å². The lowest BCUT2D eigenvalue weighted by atomic mass is 9.94. The molecular formula is C10H10BrClO. The quantitative estimate of drug-likeness (QED) is 0.612. The molecule has 2 rings (SSSR count). The monoisotopic (exact) mass is 260 g/mol. The molecule has 13 heavy (non-hydrogen) atoms. The van der Waals surface area contributed by atoms with Gasteiger partial charge in [-0.05, 0) is 31.8 Å². The zero-order valence-corrected chi connectivity index (χ0v) is 9.65. The van der Waals surface area contributed by atoms with Crippen LogP contribution in [-0.2, 0) is 4.79 Å².